The molecular weight excluding hydrogens is 320 g/mol. The number of furan rings is 1. The van der Waals surface area contributed by atoms with Crippen LogP contribution in [0.25, 0.3) is 0 Å². The number of hydrogen-bond acceptors (Lipinski definition) is 4. The molecule has 2 N–H and O–H groups in total. The van der Waals surface area contributed by atoms with Crippen molar-refractivity contribution in [1.29, 1.82) is 0 Å². The number of ether oxygens (including phenoxy) is 1. The Morgan fingerprint density at radius 2 is 2.12 bits per heavy atom. The van der Waals surface area contributed by atoms with Crippen molar-refractivity contribution in [2.45, 2.75) is 38.8 Å². The number of carbonyl (C=O) groups is 2. The van der Waals surface area contributed by atoms with Crippen LogP contribution < -0.4 is 15.4 Å². The fraction of sp³-hybridized carbons (Fsp3) is 0.368. The van der Waals surface area contributed by atoms with Crippen molar-refractivity contribution >= 4 is 11.8 Å². The summed E-state index contributed by atoms with van der Waals surface area (Å²) in [6.45, 7) is 2.70. The van der Waals surface area contributed by atoms with Gasteiger partial charge in [-0.3, -0.25) is 9.59 Å². The second-order valence-corrected chi connectivity index (χ2v) is 6.14. The third kappa shape index (κ3) is 4.41. The molecule has 1 aliphatic rings. The van der Waals surface area contributed by atoms with Crippen molar-refractivity contribution in [2.75, 3.05) is 6.54 Å². The predicted molar refractivity (Wildman–Crippen MR) is 92.3 cm³/mol. The van der Waals surface area contributed by atoms with Crippen molar-refractivity contribution in [1.82, 2.24) is 10.6 Å². The van der Waals surface area contributed by atoms with Crippen molar-refractivity contribution < 1.29 is 18.7 Å². The molecule has 1 fully saturated rings. The van der Waals surface area contributed by atoms with Crippen molar-refractivity contribution in [3.63, 3.8) is 0 Å². The number of hydrogen-bond donors (Lipinski definition) is 2. The maximum Gasteiger partial charge on any atom is 0.287 e. The summed E-state index contributed by atoms with van der Waals surface area (Å²) in [5.41, 5.74) is 0.721. The first kappa shape index (κ1) is 17.1. The highest BCUT2D eigenvalue weighted by molar-refractivity contribution is 5.96. The summed E-state index contributed by atoms with van der Waals surface area (Å²) in [5, 5.41) is 5.57. The Hall–Kier alpha value is -2.76. The van der Waals surface area contributed by atoms with Gasteiger partial charge in [0.05, 0.1) is 0 Å². The molecule has 2 amide bonds. The number of nitrogens with one attached hydrogen (secondary N) is 2. The molecule has 0 saturated carbocycles. The summed E-state index contributed by atoms with van der Waals surface area (Å²) >= 11 is 0. The molecule has 6 heteroatoms. The topological polar surface area (TPSA) is 80.6 Å². The SMILES string of the molecule is Cc1cc(COc2ccccc2)oc1C(=O)NC1CCCCNC1=O. The first-order valence-corrected chi connectivity index (χ1v) is 8.49. The lowest BCUT2D eigenvalue weighted by atomic mass is 10.1. The highest BCUT2D eigenvalue weighted by Crippen LogP contribution is 2.18. The molecule has 3 rings (SSSR count). The first-order valence-electron chi connectivity index (χ1n) is 8.49. The van der Waals surface area contributed by atoms with Crippen LogP contribution in [0.2, 0.25) is 0 Å². The van der Waals surface area contributed by atoms with Gasteiger partial charge in [0, 0.05) is 12.1 Å². The molecule has 1 atom stereocenters. The van der Waals surface area contributed by atoms with Gasteiger partial charge in [-0.2, -0.15) is 0 Å². The molecule has 1 aromatic carbocycles. The zero-order valence-corrected chi connectivity index (χ0v) is 14.2. The van der Waals surface area contributed by atoms with E-state index in [2.05, 4.69) is 10.6 Å². The van der Waals surface area contributed by atoms with Gasteiger partial charge in [-0.15, -0.1) is 0 Å². The van der Waals surface area contributed by atoms with Gasteiger partial charge in [-0.1, -0.05) is 18.2 Å². The zero-order chi connectivity index (χ0) is 17.6. The van der Waals surface area contributed by atoms with E-state index in [0.717, 1.165) is 24.2 Å². The molecule has 1 aliphatic heterocycles. The van der Waals surface area contributed by atoms with E-state index in [0.29, 0.717) is 18.7 Å². The lowest BCUT2D eigenvalue weighted by Crippen LogP contribution is -2.45. The largest absolute Gasteiger partial charge is 0.486 e. The molecule has 6 nitrogen and oxygen atoms in total. The Labute approximate surface area is 146 Å². The van der Waals surface area contributed by atoms with Crippen LogP contribution in [0, 0.1) is 6.92 Å². The van der Waals surface area contributed by atoms with Crippen molar-refractivity contribution in [3.8, 4) is 5.75 Å². The molecule has 1 aromatic heterocycles. The second-order valence-electron chi connectivity index (χ2n) is 6.14. The molecule has 0 spiro atoms. The molecule has 1 unspecified atom stereocenters. The van der Waals surface area contributed by atoms with Crippen LogP contribution in [-0.4, -0.2) is 24.4 Å². The number of benzene rings is 1. The van der Waals surface area contributed by atoms with Crippen molar-refractivity contribution in [2.24, 2.45) is 0 Å². The second kappa shape index (κ2) is 7.88. The standard InChI is InChI=1S/C19H22N2O4/c1-13-11-15(12-24-14-7-3-2-4-8-14)25-17(13)19(23)21-16-9-5-6-10-20-18(16)22/h2-4,7-8,11,16H,5-6,9-10,12H2,1H3,(H,20,22)(H,21,23). The molecule has 132 valence electrons. The Kier molecular flexibility index (Phi) is 5.38. The zero-order valence-electron chi connectivity index (χ0n) is 14.2. The summed E-state index contributed by atoms with van der Waals surface area (Å²) in [5.74, 6) is 1.02. The molecule has 1 saturated heterocycles. The maximum atomic E-state index is 12.5. The van der Waals surface area contributed by atoms with Gasteiger partial charge in [-0.25, -0.2) is 0 Å². The lowest BCUT2D eigenvalue weighted by Gasteiger charge is -2.14. The van der Waals surface area contributed by atoms with Gasteiger partial charge >= 0.3 is 0 Å². The van der Waals surface area contributed by atoms with Crippen molar-refractivity contribution in [3.05, 3.63) is 53.5 Å². The fourth-order valence-electron chi connectivity index (χ4n) is 2.82. The van der Waals surface area contributed by atoms with Crippen LogP contribution >= 0.6 is 0 Å². The van der Waals surface area contributed by atoms with E-state index in [-0.39, 0.29) is 24.2 Å². The molecular formula is C19H22N2O4. The van der Waals surface area contributed by atoms with Crippen LogP contribution in [0.15, 0.2) is 40.8 Å². The Morgan fingerprint density at radius 1 is 1.32 bits per heavy atom. The molecule has 0 aliphatic carbocycles. The van der Waals surface area contributed by atoms with Gasteiger partial charge in [0.25, 0.3) is 5.91 Å². The summed E-state index contributed by atoms with van der Waals surface area (Å²) < 4.78 is 11.3. The number of para-hydroxylation sites is 1. The summed E-state index contributed by atoms with van der Waals surface area (Å²) in [7, 11) is 0. The number of aryl methyl sites for hydroxylation is 1. The number of amides is 2. The highest BCUT2D eigenvalue weighted by atomic mass is 16.5. The van der Waals surface area contributed by atoms with Gasteiger partial charge in [0.2, 0.25) is 5.91 Å². The molecule has 2 aromatic rings. The maximum absolute atomic E-state index is 12.5. The smallest absolute Gasteiger partial charge is 0.287 e. The van der Waals surface area contributed by atoms with Gasteiger partial charge in [0.1, 0.15) is 24.2 Å². The van der Waals surface area contributed by atoms with E-state index < -0.39 is 6.04 Å². The average molecular weight is 342 g/mol. The van der Waals surface area contributed by atoms with Crippen LogP contribution in [0.3, 0.4) is 0 Å². The molecule has 0 bridgehead atoms. The van der Waals surface area contributed by atoms with Crippen LogP contribution in [0.1, 0.15) is 41.1 Å². The first-order chi connectivity index (χ1) is 12.1. The minimum absolute atomic E-state index is 0.136. The summed E-state index contributed by atoms with van der Waals surface area (Å²) in [4.78, 5) is 24.4. The summed E-state index contributed by atoms with van der Waals surface area (Å²) in [6, 6.07) is 10.7. The quantitative estimate of drug-likeness (QED) is 0.875. The van der Waals surface area contributed by atoms with Crippen LogP contribution in [0.5, 0.6) is 5.75 Å². The number of carbonyl (C=O) groups excluding carboxylic acids is 2. The van der Waals surface area contributed by atoms with Gasteiger partial charge < -0.3 is 19.8 Å². The van der Waals surface area contributed by atoms with E-state index in [9.17, 15) is 9.59 Å². The van der Waals surface area contributed by atoms with E-state index in [1.54, 1.807) is 13.0 Å². The van der Waals surface area contributed by atoms with Gasteiger partial charge in [-0.05, 0) is 44.4 Å². The third-order valence-corrected chi connectivity index (χ3v) is 4.14. The average Bonchev–Trinajstić information content (AvgIpc) is 2.88. The normalized spacial score (nSPS) is 17.5. The molecule has 0 radical (unpaired) electrons. The monoisotopic (exact) mass is 342 g/mol. The van der Waals surface area contributed by atoms with Crippen LogP contribution in [0.4, 0.5) is 0 Å². The third-order valence-electron chi connectivity index (χ3n) is 4.14. The Balaban J connectivity index is 1.62. The molecule has 25 heavy (non-hydrogen) atoms. The van der Waals surface area contributed by atoms with E-state index in [4.69, 9.17) is 9.15 Å². The van der Waals surface area contributed by atoms with Crippen LogP contribution in [-0.2, 0) is 11.4 Å². The minimum atomic E-state index is -0.511. The Bertz CT molecular complexity index is 739. The predicted octanol–water partition coefficient (Wildman–Crippen LogP) is 2.57. The highest BCUT2D eigenvalue weighted by Gasteiger charge is 2.25. The number of rotatable bonds is 5. The summed E-state index contributed by atoms with van der Waals surface area (Å²) in [6.07, 6.45) is 2.47. The lowest BCUT2D eigenvalue weighted by molar-refractivity contribution is -0.122. The van der Waals surface area contributed by atoms with E-state index in [1.807, 2.05) is 30.3 Å². The van der Waals surface area contributed by atoms with E-state index >= 15 is 0 Å². The minimum Gasteiger partial charge on any atom is -0.486 e. The van der Waals surface area contributed by atoms with Gasteiger partial charge in [0.15, 0.2) is 5.76 Å². The van der Waals surface area contributed by atoms with E-state index in [1.165, 1.54) is 0 Å². The fourth-order valence-corrected chi connectivity index (χ4v) is 2.82. The Morgan fingerprint density at radius 3 is 2.92 bits per heavy atom. The molecule has 2 heterocycles.